The van der Waals surface area contributed by atoms with E-state index in [0.29, 0.717) is 24.1 Å². The number of methoxy groups -OCH3 is 1. The van der Waals surface area contributed by atoms with Crippen LogP contribution in [0.5, 0.6) is 11.6 Å². The maximum absolute atomic E-state index is 12.9. The molecule has 7 heteroatoms. The number of hydrogen-bond donors (Lipinski definition) is 1. The molecule has 0 aliphatic carbocycles. The summed E-state index contributed by atoms with van der Waals surface area (Å²) in [6, 6.07) is 9.60. The summed E-state index contributed by atoms with van der Waals surface area (Å²) in [5.74, 6) is 2.17. The van der Waals surface area contributed by atoms with Gasteiger partial charge in [0.1, 0.15) is 11.6 Å². The zero-order chi connectivity index (χ0) is 19.1. The molecule has 2 heterocycles. The molecule has 1 aromatic heterocycles. The molecule has 1 aliphatic heterocycles. The molecule has 0 bridgehead atoms. The van der Waals surface area contributed by atoms with Gasteiger partial charge in [-0.15, -0.1) is 0 Å². The van der Waals surface area contributed by atoms with E-state index in [4.69, 9.17) is 9.47 Å². The molecular weight excluding hydrogens is 347 g/mol. The highest BCUT2D eigenvalue weighted by molar-refractivity contribution is 5.80. The Balaban J connectivity index is 1.51. The quantitative estimate of drug-likeness (QED) is 0.624. The standard InChI is InChI=1S/C20H25FN4O2/c1-22-20(25-10-9-16(13-25)14-26-2)24-12-15-3-8-19(23-11-15)27-18-6-4-17(21)5-7-18/h3-8,11,16H,9-10,12-14H2,1-2H3,(H,22,24). The van der Waals surface area contributed by atoms with Crippen molar-refractivity contribution in [1.82, 2.24) is 15.2 Å². The summed E-state index contributed by atoms with van der Waals surface area (Å²) in [7, 11) is 3.54. The van der Waals surface area contributed by atoms with Gasteiger partial charge in [0.15, 0.2) is 5.96 Å². The van der Waals surface area contributed by atoms with Crippen molar-refractivity contribution >= 4 is 5.96 Å². The van der Waals surface area contributed by atoms with E-state index in [2.05, 4.69) is 20.2 Å². The van der Waals surface area contributed by atoms with Crippen LogP contribution in [0.15, 0.2) is 47.6 Å². The van der Waals surface area contributed by atoms with Gasteiger partial charge in [0, 0.05) is 52.0 Å². The van der Waals surface area contributed by atoms with Gasteiger partial charge in [-0.2, -0.15) is 0 Å². The number of rotatable bonds is 6. The van der Waals surface area contributed by atoms with Gasteiger partial charge in [-0.05, 0) is 36.2 Å². The van der Waals surface area contributed by atoms with Crippen molar-refractivity contribution in [1.29, 1.82) is 0 Å². The topological polar surface area (TPSA) is 59.0 Å². The minimum Gasteiger partial charge on any atom is -0.439 e. The van der Waals surface area contributed by atoms with Crippen molar-refractivity contribution in [2.45, 2.75) is 13.0 Å². The van der Waals surface area contributed by atoms with Crippen LogP contribution in [0, 0.1) is 11.7 Å². The highest BCUT2D eigenvalue weighted by Crippen LogP contribution is 2.20. The van der Waals surface area contributed by atoms with Crippen molar-refractivity contribution in [3.8, 4) is 11.6 Å². The number of nitrogens with zero attached hydrogens (tertiary/aromatic N) is 3. The van der Waals surface area contributed by atoms with Gasteiger partial charge in [0.2, 0.25) is 5.88 Å². The van der Waals surface area contributed by atoms with Crippen LogP contribution in [0.3, 0.4) is 0 Å². The third-order valence-corrected chi connectivity index (χ3v) is 4.48. The van der Waals surface area contributed by atoms with Crippen LogP contribution >= 0.6 is 0 Å². The average Bonchev–Trinajstić information content (AvgIpc) is 3.14. The molecule has 3 rings (SSSR count). The molecule has 6 nitrogen and oxygen atoms in total. The van der Waals surface area contributed by atoms with Gasteiger partial charge in [-0.3, -0.25) is 4.99 Å². The van der Waals surface area contributed by atoms with Gasteiger partial charge in [0.25, 0.3) is 0 Å². The number of aromatic nitrogens is 1. The van der Waals surface area contributed by atoms with E-state index in [-0.39, 0.29) is 5.82 Å². The first-order valence-electron chi connectivity index (χ1n) is 9.01. The molecule has 1 unspecified atom stereocenters. The molecule has 1 N–H and O–H groups in total. The van der Waals surface area contributed by atoms with E-state index in [1.165, 1.54) is 12.1 Å². The van der Waals surface area contributed by atoms with E-state index in [1.54, 1.807) is 38.6 Å². The fourth-order valence-corrected chi connectivity index (χ4v) is 3.11. The number of halogens is 1. The molecule has 1 fully saturated rings. The number of ether oxygens (including phenoxy) is 2. The highest BCUT2D eigenvalue weighted by Gasteiger charge is 2.24. The summed E-state index contributed by atoms with van der Waals surface area (Å²) in [6.07, 6.45) is 2.88. The van der Waals surface area contributed by atoms with Crippen LogP contribution in [0.4, 0.5) is 4.39 Å². The lowest BCUT2D eigenvalue weighted by molar-refractivity contribution is 0.157. The van der Waals surface area contributed by atoms with Crippen LogP contribution in [0.1, 0.15) is 12.0 Å². The first-order valence-corrected chi connectivity index (χ1v) is 9.01. The van der Waals surface area contributed by atoms with Crippen LogP contribution in [0.2, 0.25) is 0 Å². The number of nitrogens with one attached hydrogen (secondary N) is 1. The summed E-state index contributed by atoms with van der Waals surface area (Å²) < 4.78 is 23.8. The SMILES string of the molecule is CN=C(NCc1ccc(Oc2ccc(F)cc2)nc1)N1CCC(COC)C1. The molecule has 144 valence electrons. The van der Waals surface area contributed by atoms with Gasteiger partial charge >= 0.3 is 0 Å². The van der Waals surface area contributed by atoms with E-state index >= 15 is 0 Å². The summed E-state index contributed by atoms with van der Waals surface area (Å²) in [5.41, 5.74) is 1.02. The Labute approximate surface area is 159 Å². The van der Waals surface area contributed by atoms with Crippen molar-refractivity contribution < 1.29 is 13.9 Å². The van der Waals surface area contributed by atoms with Gasteiger partial charge in [-0.1, -0.05) is 6.07 Å². The fraction of sp³-hybridized carbons (Fsp3) is 0.400. The molecule has 0 spiro atoms. The fourth-order valence-electron chi connectivity index (χ4n) is 3.11. The Kier molecular flexibility index (Phi) is 6.59. The van der Waals surface area contributed by atoms with E-state index in [9.17, 15) is 4.39 Å². The molecule has 1 aliphatic rings. The van der Waals surface area contributed by atoms with Gasteiger partial charge < -0.3 is 19.7 Å². The largest absolute Gasteiger partial charge is 0.439 e. The number of guanidine groups is 1. The summed E-state index contributed by atoms with van der Waals surface area (Å²) in [4.78, 5) is 10.9. The van der Waals surface area contributed by atoms with Crippen molar-refractivity contribution in [3.05, 3.63) is 54.0 Å². The lowest BCUT2D eigenvalue weighted by Gasteiger charge is -2.21. The minimum atomic E-state index is -0.295. The first-order chi connectivity index (χ1) is 13.2. The number of aliphatic imine (C=N–C) groups is 1. The van der Waals surface area contributed by atoms with Crippen LogP contribution in [0.25, 0.3) is 0 Å². The number of benzene rings is 1. The zero-order valence-electron chi connectivity index (χ0n) is 15.7. The zero-order valence-corrected chi connectivity index (χ0v) is 15.7. The highest BCUT2D eigenvalue weighted by atomic mass is 19.1. The Hall–Kier alpha value is -2.67. The lowest BCUT2D eigenvalue weighted by atomic mass is 10.1. The predicted molar refractivity (Wildman–Crippen MR) is 102 cm³/mol. The van der Waals surface area contributed by atoms with Crippen molar-refractivity contribution in [2.75, 3.05) is 33.9 Å². The Morgan fingerprint density at radius 1 is 1.30 bits per heavy atom. The van der Waals surface area contributed by atoms with Gasteiger partial charge in [-0.25, -0.2) is 9.37 Å². The third kappa shape index (κ3) is 5.40. The first kappa shape index (κ1) is 19.1. The van der Waals surface area contributed by atoms with E-state index < -0.39 is 0 Å². The number of pyridine rings is 1. The monoisotopic (exact) mass is 372 g/mol. The molecule has 2 aromatic rings. The Morgan fingerprint density at radius 3 is 2.78 bits per heavy atom. The summed E-state index contributed by atoms with van der Waals surface area (Å²) >= 11 is 0. The van der Waals surface area contributed by atoms with Gasteiger partial charge in [0.05, 0.1) is 6.61 Å². The molecular formula is C20H25FN4O2. The molecule has 0 saturated carbocycles. The summed E-state index contributed by atoms with van der Waals surface area (Å²) in [5, 5.41) is 3.38. The molecule has 0 radical (unpaired) electrons. The molecule has 1 saturated heterocycles. The number of likely N-dealkylation sites (tertiary alicyclic amines) is 1. The molecule has 1 atom stereocenters. The maximum Gasteiger partial charge on any atom is 0.219 e. The second kappa shape index (κ2) is 9.32. The van der Waals surface area contributed by atoms with Crippen molar-refractivity contribution in [2.24, 2.45) is 10.9 Å². The average molecular weight is 372 g/mol. The smallest absolute Gasteiger partial charge is 0.219 e. The number of hydrogen-bond acceptors (Lipinski definition) is 4. The third-order valence-electron chi connectivity index (χ3n) is 4.48. The van der Waals surface area contributed by atoms with E-state index in [1.807, 2.05) is 6.07 Å². The Bertz CT molecular complexity index is 750. The molecule has 27 heavy (non-hydrogen) atoms. The molecule has 0 amide bonds. The van der Waals surface area contributed by atoms with Crippen LogP contribution in [-0.2, 0) is 11.3 Å². The molecule has 1 aromatic carbocycles. The maximum atomic E-state index is 12.9. The summed E-state index contributed by atoms with van der Waals surface area (Å²) in [6.45, 7) is 3.35. The van der Waals surface area contributed by atoms with Crippen LogP contribution < -0.4 is 10.1 Å². The minimum absolute atomic E-state index is 0.295. The van der Waals surface area contributed by atoms with Crippen molar-refractivity contribution in [3.63, 3.8) is 0 Å². The van der Waals surface area contributed by atoms with E-state index in [0.717, 1.165) is 37.6 Å². The normalized spacial score (nSPS) is 17.2. The van der Waals surface area contributed by atoms with Crippen LogP contribution in [-0.4, -0.2) is 49.7 Å². The lowest BCUT2D eigenvalue weighted by Crippen LogP contribution is -2.39. The predicted octanol–water partition coefficient (Wildman–Crippen LogP) is 3.06. The second-order valence-corrected chi connectivity index (χ2v) is 6.52. The second-order valence-electron chi connectivity index (χ2n) is 6.52. The Morgan fingerprint density at radius 2 is 2.11 bits per heavy atom.